The molecule has 23 heavy (non-hydrogen) atoms. The van der Waals surface area contributed by atoms with Gasteiger partial charge in [-0.25, -0.2) is 9.78 Å². The number of carbonyl (C=O) groups is 1. The molecule has 1 aliphatic carbocycles. The van der Waals surface area contributed by atoms with E-state index in [-0.39, 0.29) is 12.1 Å². The second-order valence-electron chi connectivity index (χ2n) is 6.02. The molecule has 1 aromatic heterocycles. The minimum Gasteiger partial charge on any atom is -0.375 e. The Kier molecular flexibility index (Phi) is 4.01. The summed E-state index contributed by atoms with van der Waals surface area (Å²) in [6, 6.07) is 10.1. The lowest BCUT2D eigenvalue weighted by Crippen LogP contribution is -2.33. The molecule has 0 bridgehead atoms. The number of benzene rings is 1. The van der Waals surface area contributed by atoms with Gasteiger partial charge in [-0.3, -0.25) is 5.32 Å². The molecule has 0 spiro atoms. The van der Waals surface area contributed by atoms with Gasteiger partial charge in [-0.15, -0.1) is 0 Å². The second-order valence-corrected chi connectivity index (χ2v) is 7.10. The lowest BCUT2D eigenvalue weighted by atomic mass is 10.0. The van der Waals surface area contributed by atoms with E-state index >= 15 is 0 Å². The van der Waals surface area contributed by atoms with Crippen LogP contribution in [0.1, 0.15) is 35.0 Å². The standard InChI is InChI=1S/C17H19N3O2S/c21-16(20-17-18-13-8-9-22-10-14(13)23-17)19-15(12-6-7-12)11-4-2-1-3-5-11/h1-5,12,15H,6-10H2,(H2,18,19,20,21)/t15-/m0/s1. The Hall–Kier alpha value is -1.92. The van der Waals surface area contributed by atoms with Gasteiger partial charge in [-0.05, 0) is 24.3 Å². The molecular weight excluding hydrogens is 310 g/mol. The summed E-state index contributed by atoms with van der Waals surface area (Å²) in [4.78, 5) is 18.0. The number of carbonyl (C=O) groups excluding carboxylic acids is 1. The third-order valence-electron chi connectivity index (χ3n) is 4.25. The zero-order valence-corrected chi connectivity index (χ0v) is 13.6. The number of nitrogens with zero attached hydrogens (tertiary/aromatic N) is 1. The van der Waals surface area contributed by atoms with Crippen molar-refractivity contribution in [3.63, 3.8) is 0 Å². The normalized spacial score (nSPS) is 18.1. The van der Waals surface area contributed by atoms with Gasteiger partial charge >= 0.3 is 6.03 Å². The number of rotatable bonds is 4. The predicted molar refractivity (Wildman–Crippen MR) is 89.5 cm³/mol. The van der Waals surface area contributed by atoms with Gasteiger partial charge in [0.1, 0.15) is 0 Å². The van der Waals surface area contributed by atoms with E-state index in [9.17, 15) is 4.79 Å². The molecule has 1 atom stereocenters. The van der Waals surface area contributed by atoms with Gasteiger partial charge in [0.15, 0.2) is 5.13 Å². The first-order valence-corrected chi connectivity index (χ1v) is 8.80. The number of ether oxygens (including phenoxy) is 1. The highest BCUT2D eigenvalue weighted by Crippen LogP contribution is 2.41. The third-order valence-corrected chi connectivity index (χ3v) is 5.24. The topological polar surface area (TPSA) is 63.2 Å². The van der Waals surface area contributed by atoms with Crippen LogP contribution in [0.4, 0.5) is 9.93 Å². The molecule has 0 saturated heterocycles. The molecule has 1 aromatic carbocycles. The average molecular weight is 329 g/mol. The highest BCUT2D eigenvalue weighted by Gasteiger charge is 2.33. The van der Waals surface area contributed by atoms with Crippen molar-refractivity contribution in [2.45, 2.75) is 31.9 Å². The largest absolute Gasteiger partial charge is 0.375 e. The van der Waals surface area contributed by atoms with E-state index in [1.54, 1.807) is 0 Å². The fourth-order valence-electron chi connectivity index (χ4n) is 2.92. The van der Waals surface area contributed by atoms with Crippen molar-refractivity contribution < 1.29 is 9.53 Å². The first kappa shape index (κ1) is 14.7. The van der Waals surface area contributed by atoms with E-state index in [0.717, 1.165) is 22.6 Å². The molecule has 1 saturated carbocycles. The van der Waals surface area contributed by atoms with Crippen LogP contribution in [0.25, 0.3) is 0 Å². The zero-order valence-electron chi connectivity index (χ0n) is 12.7. The van der Waals surface area contributed by atoms with E-state index in [0.29, 0.717) is 24.3 Å². The van der Waals surface area contributed by atoms with E-state index in [2.05, 4.69) is 27.8 Å². The Bertz CT molecular complexity index is 674. The summed E-state index contributed by atoms with van der Waals surface area (Å²) in [6.07, 6.45) is 3.16. The number of amides is 2. The Balaban J connectivity index is 1.43. The van der Waals surface area contributed by atoms with E-state index in [1.807, 2.05) is 18.2 Å². The van der Waals surface area contributed by atoms with Gasteiger partial charge in [0, 0.05) is 6.42 Å². The number of urea groups is 1. The molecule has 6 heteroatoms. The summed E-state index contributed by atoms with van der Waals surface area (Å²) in [5, 5.41) is 6.65. The molecule has 2 amide bonds. The lowest BCUT2D eigenvalue weighted by Gasteiger charge is -2.18. The van der Waals surface area contributed by atoms with Crippen LogP contribution in [0.3, 0.4) is 0 Å². The number of anilines is 1. The van der Waals surface area contributed by atoms with Gasteiger partial charge in [-0.2, -0.15) is 0 Å². The number of hydrogen-bond acceptors (Lipinski definition) is 4. The molecule has 0 radical (unpaired) electrons. The first-order chi connectivity index (χ1) is 11.3. The summed E-state index contributed by atoms with van der Waals surface area (Å²) in [7, 11) is 0. The third kappa shape index (κ3) is 3.38. The quantitative estimate of drug-likeness (QED) is 0.902. The Morgan fingerprint density at radius 1 is 1.30 bits per heavy atom. The van der Waals surface area contributed by atoms with Crippen LogP contribution >= 0.6 is 11.3 Å². The van der Waals surface area contributed by atoms with Crippen LogP contribution in [0.15, 0.2) is 30.3 Å². The van der Waals surface area contributed by atoms with Crippen molar-refractivity contribution in [1.29, 1.82) is 0 Å². The first-order valence-electron chi connectivity index (χ1n) is 7.98. The molecule has 1 fully saturated rings. The monoisotopic (exact) mass is 329 g/mol. The van der Waals surface area contributed by atoms with Crippen molar-refractivity contribution >= 4 is 22.5 Å². The second kappa shape index (κ2) is 6.29. The van der Waals surface area contributed by atoms with Gasteiger partial charge in [0.2, 0.25) is 0 Å². The molecule has 0 unspecified atom stereocenters. The average Bonchev–Trinajstić information content (AvgIpc) is 3.33. The molecule has 2 aromatic rings. The summed E-state index contributed by atoms with van der Waals surface area (Å²) in [5.41, 5.74) is 2.22. The predicted octanol–water partition coefficient (Wildman–Crippen LogP) is 3.49. The minimum atomic E-state index is -0.183. The van der Waals surface area contributed by atoms with Gasteiger partial charge in [0.25, 0.3) is 0 Å². The molecule has 5 nitrogen and oxygen atoms in total. The molecule has 2 N–H and O–H groups in total. The number of aromatic nitrogens is 1. The summed E-state index contributed by atoms with van der Waals surface area (Å²) in [6.45, 7) is 1.31. The molecule has 2 aliphatic rings. The SMILES string of the molecule is O=C(Nc1nc2c(s1)COCC2)N[C@@H](c1ccccc1)C1CC1. The fourth-order valence-corrected chi connectivity index (χ4v) is 3.86. The lowest BCUT2D eigenvalue weighted by molar-refractivity contribution is 0.112. The molecular formula is C17H19N3O2S. The Morgan fingerprint density at radius 3 is 2.87 bits per heavy atom. The van der Waals surface area contributed by atoms with Gasteiger partial charge in [0.05, 0.1) is 29.8 Å². The molecule has 1 aliphatic heterocycles. The Morgan fingerprint density at radius 2 is 2.13 bits per heavy atom. The highest BCUT2D eigenvalue weighted by molar-refractivity contribution is 7.15. The van der Waals surface area contributed by atoms with Crippen molar-refractivity contribution in [1.82, 2.24) is 10.3 Å². The summed E-state index contributed by atoms with van der Waals surface area (Å²) >= 11 is 1.50. The van der Waals surface area contributed by atoms with Crippen LogP contribution in [0.2, 0.25) is 0 Å². The van der Waals surface area contributed by atoms with Crippen LogP contribution in [0, 0.1) is 5.92 Å². The van der Waals surface area contributed by atoms with Gasteiger partial charge in [-0.1, -0.05) is 41.7 Å². The van der Waals surface area contributed by atoms with Crippen LogP contribution < -0.4 is 10.6 Å². The van der Waals surface area contributed by atoms with Crippen molar-refractivity contribution in [3.05, 3.63) is 46.5 Å². The molecule has 120 valence electrons. The van der Waals surface area contributed by atoms with Crippen molar-refractivity contribution in [3.8, 4) is 0 Å². The maximum absolute atomic E-state index is 12.4. The maximum Gasteiger partial charge on any atom is 0.321 e. The molecule has 4 rings (SSSR count). The van der Waals surface area contributed by atoms with Crippen LogP contribution in [-0.2, 0) is 17.8 Å². The van der Waals surface area contributed by atoms with Crippen LogP contribution in [-0.4, -0.2) is 17.6 Å². The summed E-state index contributed by atoms with van der Waals surface area (Å²) in [5.74, 6) is 0.543. The Labute approximate surface area is 139 Å². The minimum absolute atomic E-state index is 0.0779. The highest BCUT2D eigenvalue weighted by atomic mass is 32.1. The van der Waals surface area contributed by atoms with E-state index in [4.69, 9.17) is 4.74 Å². The number of nitrogens with one attached hydrogen (secondary N) is 2. The molecule has 2 heterocycles. The number of fused-ring (bicyclic) bond motifs is 1. The fraction of sp³-hybridized carbons (Fsp3) is 0.412. The smallest absolute Gasteiger partial charge is 0.321 e. The number of thiazole rings is 1. The van der Waals surface area contributed by atoms with Crippen molar-refractivity contribution in [2.24, 2.45) is 5.92 Å². The van der Waals surface area contributed by atoms with E-state index in [1.165, 1.54) is 24.2 Å². The number of hydrogen-bond donors (Lipinski definition) is 2. The van der Waals surface area contributed by atoms with Crippen LogP contribution in [0.5, 0.6) is 0 Å². The maximum atomic E-state index is 12.4. The van der Waals surface area contributed by atoms with Gasteiger partial charge < -0.3 is 10.1 Å². The zero-order chi connectivity index (χ0) is 15.6. The van der Waals surface area contributed by atoms with E-state index < -0.39 is 0 Å². The van der Waals surface area contributed by atoms with Crippen molar-refractivity contribution in [2.75, 3.05) is 11.9 Å². The summed E-state index contributed by atoms with van der Waals surface area (Å²) < 4.78 is 5.42.